The molecule has 0 radical (unpaired) electrons. The van der Waals surface area contributed by atoms with Crippen molar-refractivity contribution in [2.45, 2.75) is 19.5 Å². The molecule has 0 N–H and O–H groups in total. The molecule has 1 aromatic heterocycles. The molecule has 0 spiro atoms. The number of rotatable bonds is 7. The van der Waals surface area contributed by atoms with Crippen molar-refractivity contribution in [3.63, 3.8) is 0 Å². The third-order valence-electron chi connectivity index (χ3n) is 6.83. The molecule has 5 rings (SSSR count). The summed E-state index contributed by atoms with van der Waals surface area (Å²) in [7, 11) is 5.18. The Balaban J connectivity index is 1.45. The van der Waals surface area contributed by atoms with Gasteiger partial charge in [-0.25, -0.2) is 4.98 Å². The summed E-state index contributed by atoms with van der Waals surface area (Å²) in [6.45, 7) is 4.55. The molecular weight excluding hydrogens is 470 g/mol. The molecule has 9 nitrogen and oxygen atoms in total. The number of carbonyl (C=O) groups is 1. The number of benzene rings is 2. The van der Waals surface area contributed by atoms with Gasteiger partial charge in [-0.15, -0.1) is 0 Å². The fourth-order valence-electron chi connectivity index (χ4n) is 4.81. The lowest BCUT2D eigenvalue weighted by molar-refractivity contribution is 0.0732. The van der Waals surface area contributed by atoms with E-state index in [0.717, 1.165) is 30.2 Å². The van der Waals surface area contributed by atoms with E-state index in [4.69, 9.17) is 24.2 Å². The number of carbonyl (C=O) groups excluding carboxylic acids is 1. The van der Waals surface area contributed by atoms with Gasteiger partial charge in [-0.05, 0) is 17.7 Å². The molecule has 9 heteroatoms. The summed E-state index contributed by atoms with van der Waals surface area (Å²) in [5.74, 6) is 2.69. The second-order valence-corrected chi connectivity index (χ2v) is 9.29. The number of nitrogens with zero attached hydrogens (tertiary/aromatic N) is 5. The van der Waals surface area contributed by atoms with Gasteiger partial charge >= 0.3 is 0 Å². The van der Waals surface area contributed by atoms with Crippen LogP contribution in [0.1, 0.15) is 27.2 Å². The molecule has 1 saturated heterocycles. The molecule has 2 aliphatic rings. The van der Waals surface area contributed by atoms with Crippen LogP contribution in [0.5, 0.6) is 11.5 Å². The Labute approximate surface area is 217 Å². The van der Waals surface area contributed by atoms with Crippen molar-refractivity contribution in [2.75, 3.05) is 63.9 Å². The van der Waals surface area contributed by atoms with E-state index in [9.17, 15) is 4.79 Å². The molecule has 2 aliphatic heterocycles. The maximum Gasteiger partial charge on any atom is 0.254 e. The Morgan fingerprint density at radius 3 is 2.38 bits per heavy atom. The first kappa shape index (κ1) is 24.8. The Morgan fingerprint density at radius 2 is 1.70 bits per heavy atom. The molecular formula is C28H33N5O4. The van der Waals surface area contributed by atoms with Crippen LogP contribution < -0.4 is 19.3 Å². The zero-order chi connectivity index (χ0) is 25.8. The fraction of sp³-hybridized carbons (Fsp3) is 0.393. The van der Waals surface area contributed by atoms with E-state index in [1.54, 1.807) is 32.4 Å². The predicted octanol–water partition coefficient (Wildman–Crippen LogP) is 3.17. The summed E-state index contributed by atoms with van der Waals surface area (Å²) < 4.78 is 16.3. The van der Waals surface area contributed by atoms with Crippen LogP contribution in [0.15, 0.2) is 48.5 Å². The van der Waals surface area contributed by atoms with Gasteiger partial charge in [0.2, 0.25) is 5.95 Å². The van der Waals surface area contributed by atoms with Gasteiger partial charge in [0.15, 0.2) is 0 Å². The van der Waals surface area contributed by atoms with Crippen LogP contribution in [0.25, 0.3) is 0 Å². The van der Waals surface area contributed by atoms with Crippen LogP contribution in [0.2, 0.25) is 0 Å². The van der Waals surface area contributed by atoms with Gasteiger partial charge in [0.1, 0.15) is 17.3 Å². The van der Waals surface area contributed by atoms with Crippen molar-refractivity contribution in [1.82, 2.24) is 14.9 Å². The fourth-order valence-corrected chi connectivity index (χ4v) is 4.81. The molecule has 194 valence electrons. The summed E-state index contributed by atoms with van der Waals surface area (Å²) in [6.07, 6.45) is 0.661. The lowest BCUT2D eigenvalue weighted by Gasteiger charge is -2.35. The maximum atomic E-state index is 13.5. The van der Waals surface area contributed by atoms with E-state index in [1.165, 1.54) is 5.56 Å². The number of anilines is 2. The van der Waals surface area contributed by atoms with Crippen LogP contribution in [0, 0.1) is 0 Å². The molecule has 0 bridgehead atoms. The standard InChI is InChI=1S/C28H33N5O4/c1-31(18-20-7-5-4-6-8-20)28-29-25-9-10-33(19-24(25)26(30-28)32-11-13-37-14-12-32)27(34)21-15-22(35-2)17-23(16-21)36-3/h4-8,15-17H,9-14,18-19H2,1-3H3. The van der Waals surface area contributed by atoms with E-state index in [0.29, 0.717) is 62.3 Å². The van der Waals surface area contributed by atoms with Gasteiger partial charge in [-0.3, -0.25) is 4.79 Å². The maximum absolute atomic E-state index is 13.5. The van der Waals surface area contributed by atoms with Gasteiger partial charge in [0.25, 0.3) is 5.91 Å². The Hall–Kier alpha value is -3.85. The van der Waals surface area contributed by atoms with Crippen molar-refractivity contribution < 1.29 is 19.0 Å². The van der Waals surface area contributed by atoms with Gasteiger partial charge in [-0.1, -0.05) is 30.3 Å². The molecule has 37 heavy (non-hydrogen) atoms. The minimum absolute atomic E-state index is 0.0685. The number of morpholine rings is 1. The topological polar surface area (TPSA) is 80.3 Å². The van der Waals surface area contributed by atoms with E-state index < -0.39 is 0 Å². The molecule has 2 aromatic carbocycles. The van der Waals surface area contributed by atoms with Gasteiger partial charge in [-0.2, -0.15) is 4.98 Å². The van der Waals surface area contributed by atoms with Crippen LogP contribution in [0.3, 0.4) is 0 Å². The highest BCUT2D eigenvalue weighted by atomic mass is 16.5. The summed E-state index contributed by atoms with van der Waals surface area (Å²) in [5, 5.41) is 0. The SMILES string of the molecule is COc1cc(OC)cc(C(=O)N2CCc3nc(N(C)Cc4ccccc4)nc(N4CCOCC4)c3C2)c1. The number of hydrogen-bond acceptors (Lipinski definition) is 8. The monoisotopic (exact) mass is 503 g/mol. The summed E-state index contributed by atoms with van der Waals surface area (Å²) >= 11 is 0. The second kappa shape index (κ2) is 11.0. The highest BCUT2D eigenvalue weighted by Gasteiger charge is 2.30. The highest BCUT2D eigenvalue weighted by molar-refractivity contribution is 5.95. The largest absolute Gasteiger partial charge is 0.497 e. The third kappa shape index (κ3) is 5.46. The number of hydrogen-bond donors (Lipinski definition) is 0. The average molecular weight is 504 g/mol. The number of aromatic nitrogens is 2. The molecule has 1 fully saturated rings. The first-order valence-corrected chi connectivity index (χ1v) is 12.6. The van der Waals surface area contributed by atoms with E-state index in [-0.39, 0.29) is 5.91 Å². The molecule has 1 amide bonds. The van der Waals surface area contributed by atoms with Gasteiger partial charge in [0, 0.05) is 56.8 Å². The van der Waals surface area contributed by atoms with E-state index in [2.05, 4.69) is 21.9 Å². The average Bonchev–Trinajstić information content (AvgIpc) is 2.96. The lowest BCUT2D eigenvalue weighted by atomic mass is 10.0. The van der Waals surface area contributed by atoms with Crippen molar-refractivity contribution in [1.29, 1.82) is 0 Å². The first-order chi connectivity index (χ1) is 18.1. The number of fused-ring (bicyclic) bond motifs is 1. The van der Waals surface area contributed by atoms with Crippen molar-refractivity contribution in [3.8, 4) is 11.5 Å². The van der Waals surface area contributed by atoms with Crippen LogP contribution >= 0.6 is 0 Å². The summed E-state index contributed by atoms with van der Waals surface area (Å²) in [4.78, 5) is 29.7. The molecule has 3 aromatic rings. The minimum Gasteiger partial charge on any atom is -0.497 e. The Kier molecular flexibility index (Phi) is 7.41. The number of ether oxygens (including phenoxy) is 3. The normalized spacial score (nSPS) is 15.2. The molecule has 3 heterocycles. The zero-order valence-corrected chi connectivity index (χ0v) is 21.6. The molecule has 0 saturated carbocycles. The minimum atomic E-state index is -0.0685. The third-order valence-corrected chi connectivity index (χ3v) is 6.83. The van der Waals surface area contributed by atoms with Gasteiger partial charge < -0.3 is 28.9 Å². The predicted molar refractivity (Wildman–Crippen MR) is 142 cm³/mol. The molecule has 0 atom stereocenters. The van der Waals surface area contributed by atoms with Crippen LogP contribution in [-0.4, -0.2) is 74.9 Å². The lowest BCUT2D eigenvalue weighted by Crippen LogP contribution is -2.41. The smallest absolute Gasteiger partial charge is 0.254 e. The van der Waals surface area contributed by atoms with Gasteiger partial charge in [0.05, 0.1) is 39.7 Å². The zero-order valence-electron chi connectivity index (χ0n) is 21.6. The van der Waals surface area contributed by atoms with Crippen molar-refractivity contribution in [2.24, 2.45) is 0 Å². The first-order valence-electron chi connectivity index (χ1n) is 12.6. The summed E-state index contributed by atoms with van der Waals surface area (Å²) in [6, 6.07) is 15.6. The van der Waals surface area contributed by atoms with Crippen LogP contribution in [0.4, 0.5) is 11.8 Å². The Morgan fingerprint density at radius 1 is 1.00 bits per heavy atom. The number of amides is 1. The van der Waals surface area contributed by atoms with E-state index in [1.807, 2.05) is 30.1 Å². The summed E-state index contributed by atoms with van der Waals surface area (Å²) in [5.41, 5.74) is 3.74. The highest BCUT2D eigenvalue weighted by Crippen LogP contribution is 2.31. The Bertz CT molecular complexity index is 1220. The molecule has 0 aliphatic carbocycles. The van der Waals surface area contributed by atoms with Crippen molar-refractivity contribution in [3.05, 3.63) is 70.9 Å². The van der Waals surface area contributed by atoms with Crippen molar-refractivity contribution >= 4 is 17.7 Å². The van der Waals surface area contributed by atoms with E-state index >= 15 is 0 Å². The quantitative estimate of drug-likeness (QED) is 0.487. The second-order valence-electron chi connectivity index (χ2n) is 9.29. The number of methoxy groups -OCH3 is 2. The van der Waals surface area contributed by atoms with Crippen LogP contribution in [-0.2, 0) is 24.2 Å². The molecule has 0 unspecified atom stereocenters.